The van der Waals surface area contributed by atoms with E-state index in [1.165, 1.54) is 12.1 Å². The predicted molar refractivity (Wildman–Crippen MR) is 91.6 cm³/mol. The smallest absolute Gasteiger partial charge is 0.260 e. The average Bonchev–Trinajstić information content (AvgIpc) is 2.63. The number of anilines is 1. The SMILES string of the molecule is O=C(COc1ccccc1)N1CCC[C@@H](Nc2ccc(F)cc2)C1. The fourth-order valence-corrected chi connectivity index (χ4v) is 2.86. The predicted octanol–water partition coefficient (Wildman–Crippen LogP) is 3.31. The Morgan fingerprint density at radius 3 is 2.67 bits per heavy atom. The fraction of sp³-hybridized carbons (Fsp3) is 0.316. The van der Waals surface area contributed by atoms with Gasteiger partial charge in [-0.15, -0.1) is 0 Å². The van der Waals surface area contributed by atoms with Crippen LogP contribution in [-0.2, 0) is 4.79 Å². The summed E-state index contributed by atoms with van der Waals surface area (Å²) in [5.74, 6) is 0.437. The van der Waals surface area contributed by atoms with Crippen molar-refractivity contribution in [2.75, 3.05) is 25.0 Å². The Hall–Kier alpha value is -2.56. The number of amides is 1. The minimum atomic E-state index is -0.251. The summed E-state index contributed by atoms with van der Waals surface area (Å²) < 4.78 is 18.5. The number of benzene rings is 2. The van der Waals surface area contributed by atoms with E-state index in [9.17, 15) is 9.18 Å². The van der Waals surface area contributed by atoms with Gasteiger partial charge in [-0.3, -0.25) is 4.79 Å². The van der Waals surface area contributed by atoms with Crippen molar-refractivity contribution in [1.29, 1.82) is 0 Å². The number of nitrogens with one attached hydrogen (secondary N) is 1. The summed E-state index contributed by atoms with van der Waals surface area (Å²) in [5, 5.41) is 3.37. The second-order valence-corrected chi connectivity index (χ2v) is 5.93. The van der Waals surface area contributed by atoms with Gasteiger partial charge in [-0.2, -0.15) is 0 Å². The molecule has 0 saturated carbocycles. The summed E-state index contributed by atoms with van der Waals surface area (Å²) in [5.41, 5.74) is 0.872. The van der Waals surface area contributed by atoms with Crippen molar-refractivity contribution in [1.82, 2.24) is 4.90 Å². The molecule has 0 radical (unpaired) electrons. The van der Waals surface area contributed by atoms with E-state index < -0.39 is 0 Å². The lowest BCUT2D eigenvalue weighted by atomic mass is 10.1. The summed E-state index contributed by atoms with van der Waals surface area (Å²) >= 11 is 0. The number of para-hydroxylation sites is 1. The zero-order valence-corrected chi connectivity index (χ0v) is 13.5. The number of hydrogen-bond acceptors (Lipinski definition) is 3. The number of hydrogen-bond donors (Lipinski definition) is 1. The van der Waals surface area contributed by atoms with Crippen molar-refractivity contribution >= 4 is 11.6 Å². The Labute approximate surface area is 141 Å². The first-order valence-corrected chi connectivity index (χ1v) is 8.18. The van der Waals surface area contributed by atoms with Gasteiger partial charge in [0.2, 0.25) is 0 Å². The molecule has 0 bridgehead atoms. The second-order valence-electron chi connectivity index (χ2n) is 5.93. The molecule has 4 nitrogen and oxygen atoms in total. The van der Waals surface area contributed by atoms with Crippen molar-refractivity contribution in [3.05, 3.63) is 60.4 Å². The lowest BCUT2D eigenvalue weighted by molar-refractivity contribution is -0.134. The van der Waals surface area contributed by atoms with Crippen molar-refractivity contribution < 1.29 is 13.9 Å². The van der Waals surface area contributed by atoms with Crippen molar-refractivity contribution in [2.24, 2.45) is 0 Å². The topological polar surface area (TPSA) is 41.6 Å². The van der Waals surface area contributed by atoms with Crippen LogP contribution in [0, 0.1) is 5.82 Å². The Morgan fingerprint density at radius 1 is 1.17 bits per heavy atom. The molecule has 1 aliphatic rings. The third kappa shape index (κ3) is 4.47. The number of likely N-dealkylation sites (tertiary alicyclic amines) is 1. The van der Waals surface area contributed by atoms with Gasteiger partial charge in [-0.05, 0) is 49.2 Å². The summed E-state index contributed by atoms with van der Waals surface area (Å²) in [7, 11) is 0. The molecular formula is C19H21FN2O2. The molecule has 0 aliphatic carbocycles. The monoisotopic (exact) mass is 328 g/mol. The summed E-state index contributed by atoms with van der Waals surface area (Å²) in [6.07, 6.45) is 1.93. The van der Waals surface area contributed by atoms with E-state index in [-0.39, 0.29) is 24.4 Å². The Morgan fingerprint density at radius 2 is 1.92 bits per heavy atom. The quantitative estimate of drug-likeness (QED) is 0.915. The van der Waals surface area contributed by atoms with E-state index >= 15 is 0 Å². The first kappa shape index (κ1) is 16.3. The van der Waals surface area contributed by atoms with E-state index in [2.05, 4.69) is 5.32 Å². The maximum Gasteiger partial charge on any atom is 0.260 e. The maximum atomic E-state index is 13.0. The molecule has 1 aliphatic heterocycles. The van der Waals surface area contributed by atoms with E-state index in [1.807, 2.05) is 35.2 Å². The first-order chi connectivity index (χ1) is 11.7. The van der Waals surface area contributed by atoms with Crippen molar-refractivity contribution in [3.8, 4) is 5.75 Å². The van der Waals surface area contributed by atoms with Crippen LogP contribution in [0.5, 0.6) is 5.75 Å². The zero-order chi connectivity index (χ0) is 16.8. The number of halogens is 1. The Bertz CT molecular complexity index is 661. The van der Waals surface area contributed by atoms with Crippen molar-refractivity contribution in [3.63, 3.8) is 0 Å². The maximum absolute atomic E-state index is 13.0. The largest absolute Gasteiger partial charge is 0.484 e. The number of carbonyl (C=O) groups excluding carboxylic acids is 1. The molecule has 1 fully saturated rings. The third-order valence-electron chi connectivity index (χ3n) is 4.09. The standard InChI is InChI=1S/C19H21FN2O2/c20-15-8-10-16(11-9-15)21-17-5-4-12-22(13-17)19(23)14-24-18-6-2-1-3-7-18/h1-3,6-11,17,21H,4-5,12-14H2/t17-/m1/s1. The fourth-order valence-electron chi connectivity index (χ4n) is 2.86. The minimum absolute atomic E-state index is 0.00976. The summed E-state index contributed by atoms with van der Waals surface area (Å²) in [4.78, 5) is 14.2. The molecule has 126 valence electrons. The Kier molecular flexibility index (Phi) is 5.31. The number of piperidine rings is 1. The zero-order valence-electron chi connectivity index (χ0n) is 13.5. The van der Waals surface area contributed by atoms with E-state index in [0.717, 1.165) is 25.1 Å². The molecule has 3 rings (SSSR count). The van der Waals surface area contributed by atoms with Crippen molar-refractivity contribution in [2.45, 2.75) is 18.9 Å². The van der Waals surface area contributed by atoms with Gasteiger partial charge in [0.05, 0.1) is 0 Å². The van der Waals surface area contributed by atoms with E-state index in [1.54, 1.807) is 12.1 Å². The molecule has 24 heavy (non-hydrogen) atoms. The number of carbonyl (C=O) groups is 1. The van der Waals surface area contributed by atoms with Crippen LogP contribution in [0.25, 0.3) is 0 Å². The van der Waals surface area contributed by atoms with Crippen LogP contribution in [0.4, 0.5) is 10.1 Å². The van der Waals surface area contributed by atoms with Gasteiger partial charge in [0.1, 0.15) is 11.6 Å². The molecule has 2 aromatic carbocycles. The van der Waals surface area contributed by atoms with Crippen LogP contribution in [0.15, 0.2) is 54.6 Å². The van der Waals surface area contributed by atoms with Gasteiger partial charge >= 0.3 is 0 Å². The average molecular weight is 328 g/mol. The van der Waals surface area contributed by atoms with Gasteiger partial charge in [0.25, 0.3) is 5.91 Å². The van der Waals surface area contributed by atoms with Gasteiger partial charge in [-0.1, -0.05) is 18.2 Å². The summed E-state index contributed by atoms with van der Waals surface area (Å²) in [6.45, 7) is 1.43. The van der Waals surface area contributed by atoms with Gasteiger partial charge in [0, 0.05) is 24.8 Å². The second kappa shape index (κ2) is 7.81. The number of rotatable bonds is 5. The molecule has 1 amide bonds. The van der Waals surface area contributed by atoms with Gasteiger partial charge in [0.15, 0.2) is 6.61 Å². The lowest BCUT2D eigenvalue weighted by Gasteiger charge is -2.33. The van der Waals surface area contributed by atoms with Crippen LogP contribution in [-0.4, -0.2) is 36.5 Å². The van der Waals surface area contributed by atoms with Crippen LogP contribution >= 0.6 is 0 Å². The highest BCUT2D eigenvalue weighted by atomic mass is 19.1. The molecule has 0 spiro atoms. The molecular weight excluding hydrogens is 307 g/mol. The number of ether oxygens (including phenoxy) is 1. The number of nitrogens with zero attached hydrogens (tertiary/aromatic N) is 1. The molecule has 1 heterocycles. The molecule has 1 saturated heterocycles. The normalized spacial score (nSPS) is 17.4. The van der Waals surface area contributed by atoms with Crippen LogP contribution in [0.2, 0.25) is 0 Å². The highest BCUT2D eigenvalue weighted by Crippen LogP contribution is 2.17. The van der Waals surface area contributed by atoms with Crippen LogP contribution < -0.4 is 10.1 Å². The third-order valence-corrected chi connectivity index (χ3v) is 4.09. The molecule has 0 unspecified atom stereocenters. The lowest BCUT2D eigenvalue weighted by Crippen LogP contribution is -2.46. The molecule has 0 aromatic heterocycles. The van der Waals surface area contributed by atoms with Crippen LogP contribution in [0.1, 0.15) is 12.8 Å². The highest BCUT2D eigenvalue weighted by molar-refractivity contribution is 5.78. The Balaban J connectivity index is 1.51. The van der Waals surface area contributed by atoms with E-state index in [4.69, 9.17) is 4.74 Å². The highest BCUT2D eigenvalue weighted by Gasteiger charge is 2.23. The minimum Gasteiger partial charge on any atom is -0.484 e. The molecule has 5 heteroatoms. The molecule has 1 atom stereocenters. The van der Waals surface area contributed by atoms with E-state index in [0.29, 0.717) is 12.3 Å². The van der Waals surface area contributed by atoms with Crippen LogP contribution in [0.3, 0.4) is 0 Å². The molecule has 2 aromatic rings. The summed E-state index contributed by atoms with van der Waals surface area (Å²) in [6, 6.07) is 15.8. The first-order valence-electron chi connectivity index (χ1n) is 8.18. The van der Waals surface area contributed by atoms with Gasteiger partial charge in [-0.25, -0.2) is 4.39 Å². The molecule has 1 N–H and O–H groups in total. The van der Waals surface area contributed by atoms with Gasteiger partial charge < -0.3 is 15.0 Å².